The second-order valence-electron chi connectivity index (χ2n) is 11.1. The number of allylic oxidation sites excluding steroid dienone is 2. The van der Waals surface area contributed by atoms with Crippen molar-refractivity contribution in [2.45, 2.75) is 53.1 Å². The molecule has 3 N–H and O–H groups in total. The molecule has 1 aliphatic heterocycles. The van der Waals surface area contributed by atoms with Gasteiger partial charge in [0.15, 0.2) is 12.1 Å². The number of methoxy groups -OCH3 is 1. The molecule has 242 valence electrons. The predicted molar refractivity (Wildman–Crippen MR) is 166 cm³/mol. The summed E-state index contributed by atoms with van der Waals surface area (Å²) in [6.07, 6.45) is -0.425. The average molecular weight is 637 g/mol. The van der Waals surface area contributed by atoms with Crippen molar-refractivity contribution in [3.63, 3.8) is 0 Å². The number of hydrogen-bond donors (Lipinski definition) is 3. The highest BCUT2D eigenvalue weighted by molar-refractivity contribution is 6.00. The number of amides is 2. The molecule has 13 heteroatoms. The lowest BCUT2D eigenvalue weighted by atomic mass is 9.85. The summed E-state index contributed by atoms with van der Waals surface area (Å²) < 4.78 is 58.4. The quantitative estimate of drug-likeness (QED) is 0.206. The average Bonchev–Trinajstić information content (AvgIpc) is 3.02. The van der Waals surface area contributed by atoms with Gasteiger partial charge >= 0.3 is 12.2 Å². The van der Waals surface area contributed by atoms with Crippen LogP contribution >= 0.6 is 0 Å². The monoisotopic (exact) mass is 636 g/mol. The van der Waals surface area contributed by atoms with E-state index in [4.69, 9.17) is 14.2 Å². The third-order valence-corrected chi connectivity index (χ3v) is 6.93. The molecule has 1 atom stereocenters. The van der Waals surface area contributed by atoms with Crippen LogP contribution in [0.2, 0.25) is 0 Å². The second-order valence-corrected chi connectivity index (χ2v) is 11.1. The molecule has 0 fully saturated rings. The minimum atomic E-state index is -4.67. The number of anilines is 2. The normalized spacial score (nSPS) is 14.7. The van der Waals surface area contributed by atoms with Gasteiger partial charge in [-0.15, -0.1) is 0 Å². The molecule has 10 nitrogen and oxygen atoms in total. The van der Waals surface area contributed by atoms with Crippen LogP contribution in [-0.2, 0) is 28.7 Å². The first kappa shape index (κ1) is 33.8. The Morgan fingerprint density at radius 2 is 1.87 bits per heavy atom. The number of ether oxygens (including phenoxy) is 3. The largest absolute Gasteiger partial charge is 0.497 e. The number of urea groups is 1. The molecule has 2 amide bonds. The van der Waals surface area contributed by atoms with Crippen molar-refractivity contribution in [3.05, 3.63) is 94.9 Å². The molecule has 1 unspecified atom stereocenters. The van der Waals surface area contributed by atoms with Crippen molar-refractivity contribution in [2.24, 2.45) is 5.41 Å². The smallest absolute Gasteiger partial charge is 0.416 e. The predicted octanol–water partition coefficient (Wildman–Crippen LogP) is 6.96. The summed E-state index contributed by atoms with van der Waals surface area (Å²) in [7, 11) is 1.60. The minimum Gasteiger partial charge on any atom is -0.497 e. The molecule has 0 bridgehead atoms. The van der Waals surface area contributed by atoms with Gasteiger partial charge in [-0.05, 0) is 75.6 Å². The summed E-state index contributed by atoms with van der Waals surface area (Å²) in [6, 6.07) is 12.3. The first-order valence-electron chi connectivity index (χ1n) is 14.4. The van der Waals surface area contributed by atoms with E-state index in [1.54, 1.807) is 40.2 Å². The zero-order valence-corrected chi connectivity index (χ0v) is 26.1. The van der Waals surface area contributed by atoms with Gasteiger partial charge in [-0.2, -0.15) is 18.4 Å². The molecular formula is C33H35F3N6O4. The van der Waals surface area contributed by atoms with Gasteiger partial charge in [0.05, 0.1) is 54.9 Å². The first-order valence-corrected chi connectivity index (χ1v) is 14.4. The van der Waals surface area contributed by atoms with Gasteiger partial charge in [-0.1, -0.05) is 18.2 Å². The van der Waals surface area contributed by atoms with Crippen LogP contribution in [0.5, 0.6) is 5.75 Å². The maximum absolute atomic E-state index is 13.8. The highest BCUT2D eigenvalue weighted by Gasteiger charge is 2.35. The van der Waals surface area contributed by atoms with Crippen molar-refractivity contribution in [1.82, 2.24) is 15.3 Å². The zero-order valence-electron chi connectivity index (χ0n) is 26.1. The Bertz CT molecular complexity index is 1660. The van der Waals surface area contributed by atoms with Crippen molar-refractivity contribution in [2.75, 3.05) is 24.4 Å². The Hall–Kier alpha value is -5.09. The van der Waals surface area contributed by atoms with E-state index < -0.39 is 29.4 Å². The number of benzene rings is 2. The molecule has 0 saturated carbocycles. The molecule has 1 aliphatic rings. The fourth-order valence-electron chi connectivity index (χ4n) is 4.56. The highest BCUT2D eigenvalue weighted by Crippen LogP contribution is 2.36. The number of dihydropyridines is 1. The molecule has 2 aromatic carbocycles. The van der Waals surface area contributed by atoms with E-state index >= 15 is 0 Å². The third-order valence-electron chi connectivity index (χ3n) is 6.93. The summed E-state index contributed by atoms with van der Waals surface area (Å²) in [5.41, 5.74) is 0.261. The topological polar surface area (TPSA) is 130 Å². The summed E-state index contributed by atoms with van der Waals surface area (Å²) in [5, 5.41) is 17.4. The van der Waals surface area contributed by atoms with E-state index in [0.29, 0.717) is 36.1 Å². The van der Waals surface area contributed by atoms with E-state index in [9.17, 15) is 23.2 Å². The number of alkyl halides is 3. The number of carbonyl (C=O) groups is 1. The summed E-state index contributed by atoms with van der Waals surface area (Å²) in [5.74, 6) is 1.64. The van der Waals surface area contributed by atoms with Gasteiger partial charge in [-0.3, -0.25) is 0 Å². The second kappa shape index (κ2) is 14.3. The number of nitrogens with one attached hydrogen (secondary N) is 3. The van der Waals surface area contributed by atoms with E-state index in [1.165, 1.54) is 18.3 Å². The van der Waals surface area contributed by atoms with Crippen LogP contribution in [0.1, 0.15) is 49.0 Å². The lowest BCUT2D eigenvalue weighted by molar-refractivity contribution is -0.138. The Labute approximate surface area is 265 Å². The van der Waals surface area contributed by atoms with Crippen LogP contribution in [0.3, 0.4) is 0 Å². The van der Waals surface area contributed by atoms with Gasteiger partial charge in [0, 0.05) is 17.5 Å². The Morgan fingerprint density at radius 1 is 1.13 bits per heavy atom. The van der Waals surface area contributed by atoms with Crippen molar-refractivity contribution >= 4 is 23.0 Å². The number of nitrogens with zero attached hydrogens (tertiary/aromatic N) is 3. The van der Waals surface area contributed by atoms with E-state index in [2.05, 4.69) is 25.9 Å². The zero-order chi connectivity index (χ0) is 33.5. The Morgan fingerprint density at radius 3 is 2.50 bits per heavy atom. The maximum atomic E-state index is 13.8. The van der Waals surface area contributed by atoms with E-state index in [1.807, 2.05) is 37.3 Å². The van der Waals surface area contributed by atoms with Crippen molar-refractivity contribution in [3.8, 4) is 11.8 Å². The van der Waals surface area contributed by atoms with E-state index in [0.717, 1.165) is 17.4 Å². The Kier molecular flexibility index (Phi) is 10.5. The number of rotatable bonds is 11. The van der Waals surface area contributed by atoms with Crippen molar-refractivity contribution in [1.29, 1.82) is 5.26 Å². The van der Waals surface area contributed by atoms with Gasteiger partial charge in [-0.25, -0.2) is 14.8 Å². The molecule has 1 aromatic heterocycles. The first-order chi connectivity index (χ1) is 21.8. The van der Waals surface area contributed by atoms with Crippen LogP contribution in [-0.4, -0.2) is 35.9 Å². The van der Waals surface area contributed by atoms with Crippen LogP contribution in [0.15, 0.2) is 66.7 Å². The number of aryl methyl sites for hydroxylation is 1. The molecular weight excluding hydrogens is 601 g/mol. The molecule has 3 aromatic rings. The minimum absolute atomic E-state index is 0.0342. The molecule has 0 radical (unpaired) electrons. The number of nitriles is 1. The van der Waals surface area contributed by atoms with Crippen LogP contribution in [0, 0.1) is 23.7 Å². The summed E-state index contributed by atoms with van der Waals surface area (Å²) in [6.45, 7) is 7.39. The fraction of sp³-hybridized carbons (Fsp3) is 0.333. The standard InChI is InChI=1S/C33H35F3N6O4/c1-6-45-28-13-23(16-39-30(28)46-18-21-7-11-25(44-5)12-8-21)29-38-17-27(20(2)40-29)42-31(43)41-24-10-9-22(15-32(3,4)19-37)26(14-24)33(34,35)36/h7-14,16-17,30,39H,6,15,18H2,1-5H3,(H2,41,42,43). The molecule has 46 heavy (non-hydrogen) atoms. The number of aromatic nitrogens is 2. The fourth-order valence-corrected chi connectivity index (χ4v) is 4.56. The molecule has 0 spiro atoms. The molecule has 2 heterocycles. The van der Waals surface area contributed by atoms with Crippen LogP contribution < -0.4 is 20.7 Å². The van der Waals surface area contributed by atoms with Crippen LogP contribution in [0.25, 0.3) is 5.57 Å². The number of carbonyl (C=O) groups excluding carboxylic acids is 1. The number of hydrogen-bond acceptors (Lipinski definition) is 8. The van der Waals surface area contributed by atoms with Crippen LogP contribution in [0.4, 0.5) is 29.3 Å². The highest BCUT2D eigenvalue weighted by atomic mass is 19.4. The summed E-state index contributed by atoms with van der Waals surface area (Å²) in [4.78, 5) is 21.6. The molecule has 0 saturated heterocycles. The van der Waals surface area contributed by atoms with Crippen molar-refractivity contribution < 1.29 is 32.2 Å². The summed E-state index contributed by atoms with van der Waals surface area (Å²) >= 11 is 0. The van der Waals surface area contributed by atoms with E-state index in [-0.39, 0.29) is 23.4 Å². The lowest BCUT2D eigenvalue weighted by Gasteiger charge is -2.25. The maximum Gasteiger partial charge on any atom is 0.416 e. The molecule has 4 rings (SSSR count). The third kappa shape index (κ3) is 8.76. The van der Waals surface area contributed by atoms with Gasteiger partial charge < -0.3 is 30.2 Å². The van der Waals surface area contributed by atoms with Gasteiger partial charge in [0.25, 0.3) is 0 Å². The Balaban J connectivity index is 1.42. The lowest BCUT2D eigenvalue weighted by Crippen LogP contribution is -2.33. The van der Waals surface area contributed by atoms with Gasteiger partial charge in [0.2, 0.25) is 0 Å². The van der Waals surface area contributed by atoms with Gasteiger partial charge in [0.1, 0.15) is 11.5 Å². The molecule has 0 aliphatic carbocycles. The number of halogens is 3. The SMILES string of the molecule is CCOC1=CC(c2ncc(NC(=O)Nc3ccc(CC(C)(C)C#N)c(C(F)(F)F)c3)c(C)n2)=CNC1OCc1ccc(OC)cc1.